The van der Waals surface area contributed by atoms with Crippen LogP contribution < -0.4 is 10.6 Å². The minimum Gasteiger partial charge on any atom is -0.383 e. The highest BCUT2D eigenvalue weighted by Crippen LogP contribution is 2.34. The lowest BCUT2D eigenvalue weighted by molar-refractivity contribution is -0.383. The monoisotopic (exact) mass is 357 g/mol. The van der Waals surface area contributed by atoms with Crippen LogP contribution in [0.15, 0.2) is 30.6 Å². The Bertz CT molecular complexity index is 755. The lowest BCUT2D eigenvalue weighted by Gasteiger charge is -2.11. The summed E-state index contributed by atoms with van der Waals surface area (Å²) in [7, 11) is 1.47. The van der Waals surface area contributed by atoms with Gasteiger partial charge in [-0.3, -0.25) is 10.1 Å². The maximum Gasteiger partial charge on any atom is 0.416 e. The maximum atomic E-state index is 12.8. The van der Waals surface area contributed by atoms with Gasteiger partial charge in [0.05, 0.1) is 17.1 Å². The van der Waals surface area contributed by atoms with Crippen LogP contribution in [0, 0.1) is 10.1 Å². The van der Waals surface area contributed by atoms with Gasteiger partial charge in [0.2, 0.25) is 11.6 Å². The summed E-state index contributed by atoms with van der Waals surface area (Å²) in [6.45, 7) is 0.550. The first-order valence-corrected chi connectivity index (χ1v) is 6.99. The van der Waals surface area contributed by atoms with E-state index in [0.29, 0.717) is 0 Å². The molecule has 1 aromatic heterocycles. The number of methoxy groups -OCH3 is 1. The van der Waals surface area contributed by atoms with E-state index in [0.717, 1.165) is 18.5 Å². The minimum absolute atomic E-state index is 0.0134. The van der Waals surface area contributed by atoms with Gasteiger partial charge in [-0.05, 0) is 18.2 Å². The van der Waals surface area contributed by atoms with Crippen molar-refractivity contribution in [1.82, 2.24) is 9.97 Å². The number of rotatable bonds is 7. The second kappa shape index (κ2) is 7.75. The Hall–Kier alpha value is -2.95. The molecule has 0 saturated heterocycles. The van der Waals surface area contributed by atoms with Crippen molar-refractivity contribution in [2.24, 2.45) is 0 Å². The number of nitrogens with zero attached hydrogens (tertiary/aromatic N) is 3. The van der Waals surface area contributed by atoms with Crippen molar-refractivity contribution >= 4 is 23.0 Å². The summed E-state index contributed by atoms with van der Waals surface area (Å²) >= 11 is 0. The third kappa shape index (κ3) is 4.76. The van der Waals surface area contributed by atoms with Gasteiger partial charge in [-0.25, -0.2) is 9.97 Å². The number of hydrogen-bond donors (Lipinski definition) is 2. The lowest BCUT2D eigenvalue weighted by Crippen LogP contribution is -2.12. The van der Waals surface area contributed by atoms with E-state index in [1.807, 2.05) is 0 Å². The number of nitrogens with one attached hydrogen (secondary N) is 2. The third-order valence-electron chi connectivity index (χ3n) is 3.06. The summed E-state index contributed by atoms with van der Waals surface area (Å²) < 4.78 is 43.1. The van der Waals surface area contributed by atoms with E-state index in [1.54, 1.807) is 0 Å². The summed E-state index contributed by atoms with van der Waals surface area (Å²) in [5.41, 5.74) is -1.34. The number of aromatic nitrogens is 2. The number of anilines is 3. The van der Waals surface area contributed by atoms with Crippen molar-refractivity contribution in [2.45, 2.75) is 6.18 Å². The van der Waals surface area contributed by atoms with Gasteiger partial charge in [0.1, 0.15) is 6.33 Å². The van der Waals surface area contributed by atoms with Gasteiger partial charge in [-0.1, -0.05) is 6.07 Å². The van der Waals surface area contributed by atoms with Gasteiger partial charge in [-0.2, -0.15) is 13.2 Å². The smallest absolute Gasteiger partial charge is 0.383 e. The molecule has 25 heavy (non-hydrogen) atoms. The minimum atomic E-state index is -4.53. The van der Waals surface area contributed by atoms with E-state index >= 15 is 0 Å². The van der Waals surface area contributed by atoms with Crippen LogP contribution >= 0.6 is 0 Å². The Morgan fingerprint density at radius 3 is 2.64 bits per heavy atom. The van der Waals surface area contributed by atoms with Gasteiger partial charge < -0.3 is 15.4 Å². The summed E-state index contributed by atoms with van der Waals surface area (Å²) in [6, 6.07) is 4.27. The lowest BCUT2D eigenvalue weighted by atomic mass is 10.2. The molecule has 1 aromatic carbocycles. The fourth-order valence-corrected chi connectivity index (χ4v) is 1.95. The summed E-state index contributed by atoms with van der Waals surface area (Å²) in [6.07, 6.45) is -3.46. The first-order valence-electron chi connectivity index (χ1n) is 6.99. The van der Waals surface area contributed by atoms with Crippen molar-refractivity contribution in [3.05, 3.63) is 46.3 Å². The molecular weight excluding hydrogens is 343 g/mol. The van der Waals surface area contributed by atoms with Crippen LogP contribution in [-0.2, 0) is 10.9 Å². The van der Waals surface area contributed by atoms with E-state index in [9.17, 15) is 23.3 Å². The van der Waals surface area contributed by atoms with Crippen molar-refractivity contribution in [1.29, 1.82) is 0 Å². The van der Waals surface area contributed by atoms with Crippen molar-refractivity contribution in [3.63, 3.8) is 0 Å². The fourth-order valence-electron chi connectivity index (χ4n) is 1.95. The molecule has 0 amide bonds. The molecule has 0 saturated carbocycles. The molecule has 134 valence electrons. The van der Waals surface area contributed by atoms with Gasteiger partial charge in [0.25, 0.3) is 0 Å². The second-order valence-electron chi connectivity index (χ2n) is 4.80. The Morgan fingerprint density at radius 1 is 1.28 bits per heavy atom. The molecule has 0 aliphatic heterocycles. The van der Waals surface area contributed by atoms with Crippen LogP contribution in [0.5, 0.6) is 0 Å². The molecule has 2 N–H and O–H groups in total. The van der Waals surface area contributed by atoms with E-state index < -0.39 is 22.4 Å². The molecule has 1 heterocycles. The molecule has 0 spiro atoms. The first-order chi connectivity index (χ1) is 11.8. The number of nitro groups is 1. The second-order valence-corrected chi connectivity index (χ2v) is 4.80. The van der Waals surface area contributed by atoms with Crippen molar-refractivity contribution in [3.8, 4) is 0 Å². The Labute approximate surface area is 140 Å². The Morgan fingerprint density at radius 2 is 2.00 bits per heavy atom. The molecule has 2 aromatic rings. The largest absolute Gasteiger partial charge is 0.416 e. The molecule has 0 aliphatic rings. The fraction of sp³-hybridized carbons (Fsp3) is 0.286. The van der Waals surface area contributed by atoms with E-state index in [2.05, 4.69) is 20.6 Å². The molecule has 11 heteroatoms. The average Bonchev–Trinajstić information content (AvgIpc) is 2.54. The molecule has 0 atom stereocenters. The number of ether oxygens (including phenoxy) is 1. The number of alkyl halides is 3. The molecule has 0 bridgehead atoms. The number of halogens is 3. The van der Waals surface area contributed by atoms with Crippen LogP contribution in [0.1, 0.15) is 5.56 Å². The zero-order valence-electron chi connectivity index (χ0n) is 13.0. The normalized spacial score (nSPS) is 11.2. The zero-order valence-corrected chi connectivity index (χ0v) is 13.0. The number of benzene rings is 1. The molecule has 0 aliphatic carbocycles. The van der Waals surface area contributed by atoms with Crippen molar-refractivity contribution < 1.29 is 22.8 Å². The van der Waals surface area contributed by atoms with Crippen LogP contribution in [0.3, 0.4) is 0 Å². The van der Waals surface area contributed by atoms with Gasteiger partial charge >= 0.3 is 11.9 Å². The predicted octanol–water partition coefficient (Wildman–Crippen LogP) is 3.21. The van der Waals surface area contributed by atoms with Crippen LogP contribution in [-0.4, -0.2) is 35.2 Å². The van der Waals surface area contributed by atoms with E-state index in [1.165, 1.54) is 19.2 Å². The average molecular weight is 357 g/mol. The first kappa shape index (κ1) is 18.4. The standard InChI is InChI=1S/C14H14F3N5O3/c1-25-6-5-18-12-11(22(23)24)13(20-8-19-12)21-10-4-2-3-9(7-10)14(15,16)17/h2-4,7-8H,5-6H2,1H3,(H2,18,19,20,21). The van der Waals surface area contributed by atoms with Gasteiger partial charge in [-0.15, -0.1) is 0 Å². The van der Waals surface area contributed by atoms with E-state index in [4.69, 9.17) is 4.74 Å². The Kier molecular flexibility index (Phi) is 5.70. The molecule has 2 rings (SSSR count). The zero-order chi connectivity index (χ0) is 18.4. The highest BCUT2D eigenvalue weighted by molar-refractivity contribution is 5.73. The summed E-state index contributed by atoms with van der Waals surface area (Å²) in [5, 5.41) is 16.6. The molecule has 0 radical (unpaired) electrons. The van der Waals surface area contributed by atoms with Crippen LogP contribution in [0.4, 0.5) is 36.2 Å². The molecular formula is C14H14F3N5O3. The molecule has 0 unspecified atom stereocenters. The van der Waals surface area contributed by atoms with Gasteiger partial charge in [0, 0.05) is 19.3 Å². The maximum absolute atomic E-state index is 12.8. The quantitative estimate of drug-likeness (QED) is 0.446. The van der Waals surface area contributed by atoms with Gasteiger partial charge in [0.15, 0.2) is 0 Å². The summed E-state index contributed by atoms with van der Waals surface area (Å²) in [5.74, 6) is -0.286. The van der Waals surface area contributed by atoms with Crippen LogP contribution in [0.2, 0.25) is 0 Å². The molecule has 8 nitrogen and oxygen atoms in total. The van der Waals surface area contributed by atoms with Crippen molar-refractivity contribution in [2.75, 3.05) is 30.9 Å². The molecule has 0 fully saturated rings. The number of hydrogen-bond acceptors (Lipinski definition) is 7. The SMILES string of the molecule is COCCNc1ncnc(Nc2cccc(C(F)(F)F)c2)c1[N+](=O)[O-]. The highest BCUT2D eigenvalue weighted by Gasteiger charge is 2.30. The third-order valence-corrected chi connectivity index (χ3v) is 3.06. The summed E-state index contributed by atoms with van der Waals surface area (Å²) in [4.78, 5) is 18.2. The van der Waals surface area contributed by atoms with Crippen LogP contribution in [0.25, 0.3) is 0 Å². The highest BCUT2D eigenvalue weighted by atomic mass is 19.4. The predicted molar refractivity (Wildman–Crippen MR) is 83.8 cm³/mol. The Balaban J connectivity index is 2.33. The van der Waals surface area contributed by atoms with E-state index in [-0.39, 0.29) is 30.5 Å². The topological polar surface area (TPSA) is 102 Å².